The van der Waals surface area contributed by atoms with Crippen LogP contribution in [0.15, 0.2) is 0 Å². The molecule has 1 aliphatic heterocycles. The third kappa shape index (κ3) is 6.27. The summed E-state index contributed by atoms with van der Waals surface area (Å²) >= 11 is 0. The van der Waals surface area contributed by atoms with Gasteiger partial charge in [-0.15, -0.1) is 0 Å². The first kappa shape index (κ1) is 24.0. The predicted molar refractivity (Wildman–Crippen MR) is 94.3 cm³/mol. The minimum atomic E-state index is -4.57. The number of likely N-dealkylation sites (tertiary alicyclic amines) is 1. The maximum atomic E-state index is 13.3. The molecule has 1 saturated heterocycles. The molecule has 0 aromatic carbocycles. The van der Waals surface area contributed by atoms with Crippen LogP contribution in [0.2, 0.25) is 0 Å². The number of alkyl halides is 3. The zero-order valence-electron chi connectivity index (χ0n) is 17.3. The number of nitrogens with zero attached hydrogens (tertiary/aromatic N) is 1. The van der Waals surface area contributed by atoms with Crippen LogP contribution < -0.4 is 5.32 Å². The van der Waals surface area contributed by atoms with Crippen molar-refractivity contribution < 1.29 is 37.0 Å². The largest absolute Gasteiger partial charge is 0.458 e. The molecule has 0 aromatic heterocycles. The number of methoxy groups -OCH3 is 1. The molecule has 3 atom stereocenters. The van der Waals surface area contributed by atoms with Crippen LogP contribution in [0, 0.1) is 11.3 Å². The van der Waals surface area contributed by atoms with Gasteiger partial charge in [-0.25, -0.2) is 9.59 Å². The van der Waals surface area contributed by atoms with Crippen LogP contribution in [-0.4, -0.2) is 60.4 Å². The van der Waals surface area contributed by atoms with E-state index in [9.17, 15) is 27.6 Å². The molecule has 1 rings (SSSR count). The number of alkyl carbamates (subject to hydrolysis) is 1. The topological polar surface area (TPSA) is 84.9 Å². The van der Waals surface area contributed by atoms with Crippen molar-refractivity contribution in [3.8, 4) is 0 Å². The zero-order chi connectivity index (χ0) is 22.1. The SMILES string of the molecule is COC(=O)N[C@H](C(=O)N1C[C@H](C(F)(F)F)CC1C(=O)OC(C)(C)C)C(C)(C)C. The van der Waals surface area contributed by atoms with Gasteiger partial charge in [0.1, 0.15) is 17.7 Å². The fourth-order valence-electron chi connectivity index (χ4n) is 2.90. The van der Waals surface area contributed by atoms with E-state index < -0.39 is 66.1 Å². The number of rotatable bonds is 3. The summed E-state index contributed by atoms with van der Waals surface area (Å²) in [6.07, 6.45) is -6.05. The molecule has 1 heterocycles. The molecular weight excluding hydrogens is 381 g/mol. The molecule has 1 aliphatic rings. The summed E-state index contributed by atoms with van der Waals surface area (Å²) in [6.45, 7) is 9.02. The summed E-state index contributed by atoms with van der Waals surface area (Å²) < 4.78 is 49.6. The van der Waals surface area contributed by atoms with Crippen LogP contribution in [0.4, 0.5) is 18.0 Å². The van der Waals surface area contributed by atoms with Gasteiger partial charge in [0.15, 0.2) is 0 Å². The number of halogens is 3. The molecule has 1 N–H and O–H groups in total. The lowest BCUT2D eigenvalue weighted by Crippen LogP contribution is -2.57. The maximum Gasteiger partial charge on any atom is 0.407 e. The van der Waals surface area contributed by atoms with E-state index in [-0.39, 0.29) is 0 Å². The van der Waals surface area contributed by atoms with Gasteiger partial charge < -0.3 is 19.7 Å². The van der Waals surface area contributed by atoms with E-state index in [4.69, 9.17) is 4.74 Å². The maximum absolute atomic E-state index is 13.3. The Morgan fingerprint density at radius 1 is 1.07 bits per heavy atom. The molecule has 0 aromatic rings. The van der Waals surface area contributed by atoms with Crippen LogP contribution >= 0.6 is 0 Å². The van der Waals surface area contributed by atoms with E-state index in [0.717, 1.165) is 12.0 Å². The first-order valence-electron chi connectivity index (χ1n) is 8.92. The molecule has 0 spiro atoms. The molecule has 0 saturated carbocycles. The highest BCUT2D eigenvalue weighted by Gasteiger charge is 2.53. The first-order valence-corrected chi connectivity index (χ1v) is 8.92. The van der Waals surface area contributed by atoms with Crippen molar-refractivity contribution in [2.24, 2.45) is 11.3 Å². The highest BCUT2D eigenvalue weighted by Crippen LogP contribution is 2.38. The highest BCUT2D eigenvalue weighted by molar-refractivity contribution is 5.91. The summed E-state index contributed by atoms with van der Waals surface area (Å²) in [5, 5.41) is 2.36. The molecule has 0 radical (unpaired) electrons. The standard InChI is InChI=1S/C18H29F3N2O5/c1-16(2,3)12(22-15(26)27-7)13(24)23-9-10(18(19,20)21)8-11(23)14(25)28-17(4,5)6/h10-12H,8-9H2,1-7H3,(H,22,26)/t10-,11?,12-/m1/s1. The van der Waals surface area contributed by atoms with Crippen LogP contribution in [-0.2, 0) is 19.1 Å². The van der Waals surface area contributed by atoms with Gasteiger partial charge in [-0.1, -0.05) is 20.8 Å². The highest BCUT2D eigenvalue weighted by atomic mass is 19.4. The molecule has 1 fully saturated rings. The van der Waals surface area contributed by atoms with E-state index in [1.54, 1.807) is 41.5 Å². The van der Waals surface area contributed by atoms with Crippen LogP contribution in [0.3, 0.4) is 0 Å². The van der Waals surface area contributed by atoms with Crippen molar-refractivity contribution in [2.75, 3.05) is 13.7 Å². The normalized spacial score (nSPS) is 21.9. The summed E-state index contributed by atoms with van der Waals surface area (Å²) in [7, 11) is 1.11. The van der Waals surface area contributed by atoms with Crippen molar-refractivity contribution in [3.63, 3.8) is 0 Å². The number of hydrogen-bond donors (Lipinski definition) is 1. The van der Waals surface area contributed by atoms with Gasteiger partial charge in [0, 0.05) is 6.54 Å². The summed E-state index contributed by atoms with van der Waals surface area (Å²) in [5.74, 6) is -3.55. The van der Waals surface area contributed by atoms with Gasteiger partial charge in [0.25, 0.3) is 0 Å². The molecule has 162 valence electrons. The monoisotopic (exact) mass is 410 g/mol. The molecule has 28 heavy (non-hydrogen) atoms. The van der Waals surface area contributed by atoms with Crippen molar-refractivity contribution in [2.45, 2.75) is 71.8 Å². The van der Waals surface area contributed by atoms with E-state index >= 15 is 0 Å². The van der Waals surface area contributed by atoms with Gasteiger partial charge >= 0.3 is 18.2 Å². The number of carbonyl (C=O) groups excluding carboxylic acids is 3. The predicted octanol–water partition coefficient (Wildman–Crippen LogP) is 2.88. The Morgan fingerprint density at radius 3 is 2.00 bits per heavy atom. The average molecular weight is 410 g/mol. The van der Waals surface area contributed by atoms with Gasteiger partial charge in [-0.05, 0) is 32.6 Å². The number of amides is 2. The zero-order valence-corrected chi connectivity index (χ0v) is 17.3. The number of nitrogens with one attached hydrogen (secondary N) is 1. The molecule has 2 amide bonds. The fraction of sp³-hybridized carbons (Fsp3) is 0.833. The average Bonchev–Trinajstić information content (AvgIpc) is 2.94. The van der Waals surface area contributed by atoms with Crippen LogP contribution in [0.25, 0.3) is 0 Å². The van der Waals surface area contributed by atoms with E-state index in [1.807, 2.05) is 0 Å². The Balaban J connectivity index is 3.22. The lowest BCUT2D eigenvalue weighted by molar-refractivity contribution is -0.171. The van der Waals surface area contributed by atoms with Crippen molar-refractivity contribution in [1.29, 1.82) is 0 Å². The second-order valence-corrected chi connectivity index (χ2v) is 8.95. The molecule has 1 unspecified atom stereocenters. The van der Waals surface area contributed by atoms with Crippen molar-refractivity contribution in [1.82, 2.24) is 10.2 Å². The summed E-state index contributed by atoms with van der Waals surface area (Å²) in [5.41, 5.74) is -1.75. The van der Waals surface area contributed by atoms with E-state index in [1.165, 1.54) is 0 Å². The smallest absolute Gasteiger partial charge is 0.407 e. The molecule has 10 heteroatoms. The Labute approximate surface area is 162 Å². The number of esters is 1. The number of ether oxygens (including phenoxy) is 2. The first-order chi connectivity index (χ1) is 12.5. The number of carbonyl (C=O) groups is 3. The second kappa shape index (κ2) is 8.16. The third-order valence-electron chi connectivity index (χ3n) is 4.29. The second-order valence-electron chi connectivity index (χ2n) is 8.95. The molecule has 0 aliphatic carbocycles. The Kier molecular flexibility index (Phi) is 7.01. The van der Waals surface area contributed by atoms with Gasteiger partial charge in [0.2, 0.25) is 5.91 Å². The Hall–Kier alpha value is -2.00. The Bertz CT molecular complexity index is 608. The molecular formula is C18H29F3N2O5. The third-order valence-corrected chi connectivity index (χ3v) is 4.29. The summed E-state index contributed by atoms with van der Waals surface area (Å²) in [6, 6.07) is -2.57. The number of hydrogen-bond acceptors (Lipinski definition) is 5. The summed E-state index contributed by atoms with van der Waals surface area (Å²) in [4.78, 5) is 38.1. The van der Waals surface area contributed by atoms with Gasteiger partial charge in [-0.3, -0.25) is 4.79 Å². The fourth-order valence-corrected chi connectivity index (χ4v) is 2.90. The quantitative estimate of drug-likeness (QED) is 0.724. The lowest BCUT2D eigenvalue weighted by atomic mass is 9.85. The minimum Gasteiger partial charge on any atom is -0.458 e. The van der Waals surface area contributed by atoms with E-state index in [0.29, 0.717) is 0 Å². The van der Waals surface area contributed by atoms with Gasteiger partial charge in [-0.2, -0.15) is 13.2 Å². The van der Waals surface area contributed by atoms with Crippen LogP contribution in [0.1, 0.15) is 48.0 Å². The minimum absolute atomic E-state index is 0.584. The Morgan fingerprint density at radius 2 is 1.61 bits per heavy atom. The molecule has 7 nitrogen and oxygen atoms in total. The van der Waals surface area contributed by atoms with Crippen LogP contribution in [0.5, 0.6) is 0 Å². The van der Waals surface area contributed by atoms with E-state index in [2.05, 4.69) is 10.1 Å². The van der Waals surface area contributed by atoms with Crippen molar-refractivity contribution in [3.05, 3.63) is 0 Å². The molecule has 0 bridgehead atoms. The lowest BCUT2D eigenvalue weighted by Gasteiger charge is -2.35. The van der Waals surface area contributed by atoms with Gasteiger partial charge in [0.05, 0.1) is 13.0 Å². The van der Waals surface area contributed by atoms with Crippen molar-refractivity contribution >= 4 is 18.0 Å².